The number of benzene rings is 1. The Bertz CT molecular complexity index is 842. The maximum Gasteiger partial charge on any atom is 0.326 e. The van der Waals surface area contributed by atoms with Crippen LogP contribution in [0.3, 0.4) is 0 Å². The Kier molecular flexibility index (Phi) is 11.5. The van der Waals surface area contributed by atoms with Crippen molar-refractivity contribution in [2.24, 2.45) is 17.6 Å². The van der Waals surface area contributed by atoms with E-state index in [4.69, 9.17) is 5.73 Å². The Morgan fingerprint density at radius 1 is 0.912 bits per heavy atom. The Labute approximate surface area is 200 Å². The van der Waals surface area contributed by atoms with E-state index in [1.807, 2.05) is 20.8 Å². The standard InChI is InChI=1S/C24H38N4O6/c1-6-14(4)20(28-21(30)15(5)26-22(31)18(25)11-13(2)3)23(32)27-19(24(33)34)12-16-7-9-17(29)10-8-16/h7-10,13-15,18-20,29H,6,11-12,25H2,1-5H3,(H,26,31)(H,27,32)(H,28,30)(H,33,34). The summed E-state index contributed by atoms with van der Waals surface area (Å²) in [6, 6.07) is 2.09. The van der Waals surface area contributed by atoms with Crippen LogP contribution in [0.5, 0.6) is 5.75 Å². The molecule has 1 aromatic rings. The zero-order valence-corrected chi connectivity index (χ0v) is 20.5. The largest absolute Gasteiger partial charge is 0.508 e. The van der Waals surface area contributed by atoms with Gasteiger partial charge in [-0.15, -0.1) is 0 Å². The highest BCUT2D eigenvalue weighted by atomic mass is 16.4. The quantitative estimate of drug-likeness (QED) is 0.245. The number of aromatic hydroxyl groups is 1. The van der Waals surface area contributed by atoms with Gasteiger partial charge in [-0.1, -0.05) is 46.2 Å². The van der Waals surface area contributed by atoms with Gasteiger partial charge in [0.05, 0.1) is 6.04 Å². The molecular weight excluding hydrogens is 440 g/mol. The van der Waals surface area contributed by atoms with Crippen molar-refractivity contribution in [1.29, 1.82) is 0 Å². The Morgan fingerprint density at radius 2 is 1.50 bits per heavy atom. The molecule has 5 atom stereocenters. The van der Waals surface area contributed by atoms with Gasteiger partial charge in [0, 0.05) is 6.42 Å². The van der Waals surface area contributed by atoms with Crippen LogP contribution in [-0.2, 0) is 25.6 Å². The molecule has 0 spiro atoms. The van der Waals surface area contributed by atoms with Crippen molar-refractivity contribution in [1.82, 2.24) is 16.0 Å². The van der Waals surface area contributed by atoms with Crippen molar-refractivity contribution in [3.8, 4) is 5.75 Å². The van der Waals surface area contributed by atoms with E-state index >= 15 is 0 Å². The third-order valence-corrected chi connectivity index (χ3v) is 5.60. The van der Waals surface area contributed by atoms with E-state index in [-0.39, 0.29) is 24.0 Å². The van der Waals surface area contributed by atoms with Gasteiger partial charge in [0.2, 0.25) is 17.7 Å². The molecule has 1 aromatic carbocycles. The van der Waals surface area contributed by atoms with Crippen molar-refractivity contribution in [2.45, 2.75) is 78.0 Å². The zero-order chi connectivity index (χ0) is 26.0. The van der Waals surface area contributed by atoms with Crippen LogP contribution in [0.4, 0.5) is 0 Å². The van der Waals surface area contributed by atoms with E-state index in [1.54, 1.807) is 19.1 Å². The van der Waals surface area contributed by atoms with E-state index in [2.05, 4.69) is 16.0 Å². The lowest BCUT2D eigenvalue weighted by Crippen LogP contribution is -2.58. The second-order valence-corrected chi connectivity index (χ2v) is 9.11. The van der Waals surface area contributed by atoms with E-state index < -0.39 is 47.9 Å². The van der Waals surface area contributed by atoms with Crippen LogP contribution in [0, 0.1) is 11.8 Å². The summed E-state index contributed by atoms with van der Waals surface area (Å²) in [4.78, 5) is 49.7. The van der Waals surface area contributed by atoms with Crippen molar-refractivity contribution in [2.75, 3.05) is 0 Å². The van der Waals surface area contributed by atoms with Gasteiger partial charge in [0.25, 0.3) is 0 Å². The maximum absolute atomic E-state index is 13.0. The number of carboxylic acids is 1. The normalized spacial score (nSPS) is 15.5. The van der Waals surface area contributed by atoms with Gasteiger partial charge in [-0.05, 0) is 42.9 Å². The average Bonchev–Trinajstić information content (AvgIpc) is 2.76. The predicted molar refractivity (Wildman–Crippen MR) is 128 cm³/mol. The second-order valence-electron chi connectivity index (χ2n) is 9.11. The van der Waals surface area contributed by atoms with E-state index in [1.165, 1.54) is 19.1 Å². The number of hydrogen-bond acceptors (Lipinski definition) is 6. The summed E-state index contributed by atoms with van der Waals surface area (Å²) < 4.78 is 0. The van der Waals surface area contributed by atoms with Gasteiger partial charge in [0.1, 0.15) is 23.9 Å². The highest BCUT2D eigenvalue weighted by molar-refractivity contribution is 5.94. The molecule has 34 heavy (non-hydrogen) atoms. The lowest BCUT2D eigenvalue weighted by atomic mass is 9.97. The summed E-state index contributed by atoms with van der Waals surface area (Å²) >= 11 is 0. The number of carbonyl (C=O) groups excluding carboxylic acids is 3. The molecule has 0 aromatic heterocycles. The molecule has 10 nitrogen and oxygen atoms in total. The number of carbonyl (C=O) groups is 4. The van der Waals surface area contributed by atoms with Crippen LogP contribution in [0.15, 0.2) is 24.3 Å². The van der Waals surface area contributed by atoms with Crippen molar-refractivity contribution >= 4 is 23.7 Å². The molecule has 10 heteroatoms. The molecule has 0 aliphatic carbocycles. The highest BCUT2D eigenvalue weighted by Gasteiger charge is 2.31. The first-order valence-corrected chi connectivity index (χ1v) is 11.5. The van der Waals surface area contributed by atoms with Crippen molar-refractivity contribution < 1.29 is 29.4 Å². The van der Waals surface area contributed by atoms with E-state index in [9.17, 15) is 29.4 Å². The van der Waals surface area contributed by atoms with Crippen LogP contribution in [0.25, 0.3) is 0 Å². The number of phenols is 1. The smallest absolute Gasteiger partial charge is 0.326 e. The molecule has 0 heterocycles. The fourth-order valence-electron chi connectivity index (χ4n) is 3.31. The monoisotopic (exact) mass is 478 g/mol. The molecule has 5 unspecified atom stereocenters. The van der Waals surface area contributed by atoms with Crippen LogP contribution >= 0.6 is 0 Å². The fourth-order valence-corrected chi connectivity index (χ4v) is 3.31. The first-order valence-electron chi connectivity index (χ1n) is 11.5. The van der Waals surface area contributed by atoms with Gasteiger partial charge >= 0.3 is 5.97 Å². The number of aliphatic carboxylic acids is 1. The number of hydrogen-bond donors (Lipinski definition) is 6. The number of nitrogens with one attached hydrogen (secondary N) is 3. The molecule has 1 rings (SSSR count). The molecular formula is C24H38N4O6. The summed E-state index contributed by atoms with van der Waals surface area (Å²) in [5, 5.41) is 26.7. The number of amides is 3. The first-order chi connectivity index (χ1) is 15.8. The number of nitrogens with two attached hydrogens (primary N) is 1. The molecule has 0 bridgehead atoms. The third-order valence-electron chi connectivity index (χ3n) is 5.60. The molecule has 3 amide bonds. The topological polar surface area (TPSA) is 171 Å². The lowest BCUT2D eigenvalue weighted by molar-refractivity contribution is -0.142. The van der Waals surface area contributed by atoms with Gasteiger partial charge in [-0.3, -0.25) is 14.4 Å². The third kappa shape index (κ3) is 9.38. The maximum atomic E-state index is 13.0. The number of rotatable bonds is 13. The summed E-state index contributed by atoms with van der Waals surface area (Å²) in [5.41, 5.74) is 6.48. The summed E-state index contributed by atoms with van der Waals surface area (Å²) in [7, 11) is 0. The minimum absolute atomic E-state index is 0.00270. The van der Waals surface area contributed by atoms with Crippen LogP contribution < -0.4 is 21.7 Å². The van der Waals surface area contributed by atoms with Crippen molar-refractivity contribution in [3.05, 3.63) is 29.8 Å². The van der Waals surface area contributed by atoms with Crippen molar-refractivity contribution in [3.63, 3.8) is 0 Å². The SMILES string of the molecule is CCC(C)C(NC(=O)C(C)NC(=O)C(N)CC(C)C)C(=O)NC(Cc1ccc(O)cc1)C(=O)O. The molecule has 190 valence electrons. The average molecular weight is 479 g/mol. The number of carboxylic acid groups (broad SMARTS) is 1. The van der Waals surface area contributed by atoms with E-state index in [0.717, 1.165) is 0 Å². The zero-order valence-electron chi connectivity index (χ0n) is 20.5. The van der Waals surface area contributed by atoms with Crippen LogP contribution in [0.1, 0.15) is 53.0 Å². The molecule has 7 N–H and O–H groups in total. The van der Waals surface area contributed by atoms with E-state index in [0.29, 0.717) is 18.4 Å². The van der Waals surface area contributed by atoms with Gasteiger partial charge < -0.3 is 31.9 Å². The second kappa shape index (κ2) is 13.5. The molecule has 0 aliphatic rings. The minimum atomic E-state index is -1.23. The Balaban J connectivity index is 2.86. The molecule has 0 aliphatic heterocycles. The fraction of sp³-hybridized carbons (Fsp3) is 0.583. The van der Waals surface area contributed by atoms with Gasteiger partial charge in [-0.25, -0.2) is 4.79 Å². The summed E-state index contributed by atoms with van der Waals surface area (Å²) in [6.07, 6.45) is 1.02. The van der Waals surface area contributed by atoms with Gasteiger partial charge in [-0.2, -0.15) is 0 Å². The minimum Gasteiger partial charge on any atom is -0.508 e. The summed E-state index contributed by atoms with van der Waals surface area (Å²) in [6.45, 7) is 8.97. The first kappa shape index (κ1) is 28.9. The molecule has 0 saturated heterocycles. The summed E-state index contributed by atoms with van der Waals surface area (Å²) in [5.74, 6) is -2.92. The number of phenolic OH excluding ortho intramolecular Hbond substituents is 1. The van der Waals surface area contributed by atoms with Gasteiger partial charge in [0.15, 0.2) is 0 Å². The molecule has 0 fully saturated rings. The Hall–Kier alpha value is -3.14. The van der Waals surface area contributed by atoms with Crippen LogP contribution in [0.2, 0.25) is 0 Å². The highest BCUT2D eigenvalue weighted by Crippen LogP contribution is 2.13. The Morgan fingerprint density at radius 3 is 2.00 bits per heavy atom. The molecule has 0 radical (unpaired) electrons. The molecule has 0 saturated carbocycles. The predicted octanol–water partition coefficient (Wildman–Crippen LogP) is 0.913. The lowest BCUT2D eigenvalue weighted by Gasteiger charge is -2.27. The van der Waals surface area contributed by atoms with Crippen LogP contribution in [-0.4, -0.2) is 58.1 Å².